The number of nitrogens with one attached hydrogen (secondary N) is 1. The van der Waals surface area contributed by atoms with E-state index < -0.39 is 5.97 Å². The molecule has 19 heavy (non-hydrogen) atoms. The Balaban J connectivity index is 1.91. The van der Waals surface area contributed by atoms with Gasteiger partial charge in [-0.3, -0.25) is 4.79 Å². The number of carboxylic acids is 1. The topological polar surface area (TPSA) is 49.3 Å². The summed E-state index contributed by atoms with van der Waals surface area (Å²) >= 11 is 0. The molecule has 0 spiro atoms. The maximum Gasteiger partial charge on any atom is 0.308 e. The number of carboxylic acid groups (broad SMARTS) is 1. The van der Waals surface area contributed by atoms with Gasteiger partial charge in [-0.25, -0.2) is 0 Å². The first-order valence-electron chi connectivity index (χ1n) is 8.22. The number of aliphatic carboxylic acids is 1. The molecule has 2 N–H and O–H groups in total. The zero-order chi connectivity index (χ0) is 13.5. The van der Waals surface area contributed by atoms with E-state index in [0.717, 1.165) is 6.54 Å². The van der Waals surface area contributed by atoms with Gasteiger partial charge in [0.25, 0.3) is 0 Å². The molecule has 0 amide bonds. The summed E-state index contributed by atoms with van der Waals surface area (Å²) in [6, 6.07) is 0. The predicted molar refractivity (Wildman–Crippen MR) is 77.1 cm³/mol. The first-order valence-corrected chi connectivity index (χ1v) is 8.22. The lowest BCUT2D eigenvalue weighted by molar-refractivity contribution is -0.143. The molecule has 1 aliphatic heterocycles. The smallest absolute Gasteiger partial charge is 0.308 e. The van der Waals surface area contributed by atoms with Gasteiger partial charge in [0, 0.05) is 6.54 Å². The molecule has 2 rings (SSSR count). The minimum Gasteiger partial charge on any atom is -0.481 e. The van der Waals surface area contributed by atoms with E-state index in [0.29, 0.717) is 18.4 Å². The van der Waals surface area contributed by atoms with E-state index in [1.807, 2.05) is 0 Å². The van der Waals surface area contributed by atoms with Gasteiger partial charge in [-0.05, 0) is 18.4 Å². The highest BCUT2D eigenvalue weighted by Gasteiger charge is 2.37. The van der Waals surface area contributed by atoms with Crippen molar-refractivity contribution in [3.05, 3.63) is 0 Å². The van der Waals surface area contributed by atoms with E-state index in [1.165, 1.54) is 64.2 Å². The first-order chi connectivity index (χ1) is 9.29. The Morgan fingerprint density at radius 1 is 0.842 bits per heavy atom. The van der Waals surface area contributed by atoms with Gasteiger partial charge in [-0.15, -0.1) is 0 Å². The van der Waals surface area contributed by atoms with Crippen molar-refractivity contribution in [2.24, 2.45) is 17.8 Å². The molecule has 0 bridgehead atoms. The van der Waals surface area contributed by atoms with E-state index in [1.54, 1.807) is 0 Å². The van der Waals surface area contributed by atoms with Crippen molar-refractivity contribution >= 4 is 5.97 Å². The van der Waals surface area contributed by atoms with Crippen molar-refractivity contribution in [3.63, 3.8) is 0 Å². The molecule has 2 fully saturated rings. The van der Waals surface area contributed by atoms with Crippen LogP contribution in [0.3, 0.4) is 0 Å². The quantitative estimate of drug-likeness (QED) is 0.806. The van der Waals surface area contributed by atoms with Gasteiger partial charge in [0.1, 0.15) is 0 Å². The molecule has 2 unspecified atom stereocenters. The van der Waals surface area contributed by atoms with Crippen LogP contribution in [-0.2, 0) is 4.79 Å². The second-order valence-corrected chi connectivity index (χ2v) is 6.43. The van der Waals surface area contributed by atoms with Gasteiger partial charge < -0.3 is 10.4 Å². The highest BCUT2D eigenvalue weighted by Crippen LogP contribution is 2.33. The van der Waals surface area contributed by atoms with Crippen LogP contribution in [0.15, 0.2) is 0 Å². The van der Waals surface area contributed by atoms with Gasteiger partial charge in [0.05, 0.1) is 5.92 Å². The molecule has 110 valence electrons. The minimum atomic E-state index is -0.593. The molecule has 3 heteroatoms. The van der Waals surface area contributed by atoms with Crippen LogP contribution in [0.2, 0.25) is 0 Å². The summed E-state index contributed by atoms with van der Waals surface area (Å²) in [4.78, 5) is 11.3. The third-order valence-electron chi connectivity index (χ3n) is 5.08. The monoisotopic (exact) mass is 267 g/mol. The largest absolute Gasteiger partial charge is 0.481 e. The number of rotatable bonds is 2. The minimum absolute atomic E-state index is 0.143. The second kappa shape index (κ2) is 7.88. The SMILES string of the molecule is O=C(O)C1CNCC1C1CCCCCCCCCC1. The van der Waals surface area contributed by atoms with Crippen LogP contribution in [-0.4, -0.2) is 24.2 Å². The van der Waals surface area contributed by atoms with Gasteiger partial charge >= 0.3 is 5.97 Å². The van der Waals surface area contributed by atoms with Gasteiger partial charge in [-0.2, -0.15) is 0 Å². The van der Waals surface area contributed by atoms with Crippen molar-refractivity contribution in [2.75, 3.05) is 13.1 Å². The van der Waals surface area contributed by atoms with E-state index in [2.05, 4.69) is 5.32 Å². The highest BCUT2D eigenvalue weighted by atomic mass is 16.4. The van der Waals surface area contributed by atoms with E-state index >= 15 is 0 Å². The molecule has 2 aliphatic rings. The Bertz CT molecular complexity index is 268. The van der Waals surface area contributed by atoms with Crippen molar-refractivity contribution in [1.82, 2.24) is 5.32 Å². The van der Waals surface area contributed by atoms with Crippen LogP contribution in [0.4, 0.5) is 0 Å². The van der Waals surface area contributed by atoms with Crippen LogP contribution in [0, 0.1) is 17.8 Å². The molecule has 1 saturated carbocycles. The lowest BCUT2D eigenvalue weighted by atomic mass is 9.78. The van der Waals surface area contributed by atoms with Crippen molar-refractivity contribution in [3.8, 4) is 0 Å². The van der Waals surface area contributed by atoms with Crippen molar-refractivity contribution in [2.45, 2.75) is 64.2 Å². The molecule has 1 heterocycles. The fourth-order valence-electron chi connectivity index (χ4n) is 3.91. The summed E-state index contributed by atoms with van der Waals surface area (Å²) in [6.07, 6.45) is 13.3. The average Bonchev–Trinajstić information content (AvgIpc) is 2.84. The molecule has 3 nitrogen and oxygen atoms in total. The molecular formula is C16H29NO2. The molecule has 0 aromatic carbocycles. The normalized spacial score (nSPS) is 31.8. The highest BCUT2D eigenvalue weighted by molar-refractivity contribution is 5.71. The molecule has 1 aliphatic carbocycles. The number of carbonyl (C=O) groups is 1. The van der Waals surface area contributed by atoms with E-state index in [-0.39, 0.29) is 5.92 Å². The molecule has 0 aromatic rings. The van der Waals surface area contributed by atoms with E-state index in [4.69, 9.17) is 0 Å². The summed E-state index contributed by atoms with van der Waals surface area (Å²) in [7, 11) is 0. The summed E-state index contributed by atoms with van der Waals surface area (Å²) in [6.45, 7) is 1.60. The maximum absolute atomic E-state index is 11.3. The molecule has 2 atom stereocenters. The summed E-state index contributed by atoms with van der Waals surface area (Å²) < 4.78 is 0. The Kier molecular flexibility index (Phi) is 6.15. The average molecular weight is 267 g/mol. The van der Waals surface area contributed by atoms with Crippen LogP contribution < -0.4 is 5.32 Å². The summed E-state index contributed by atoms with van der Waals surface area (Å²) in [5, 5.41) is 12.6. The van der Waals surface area contributed by atoms with Crippen molar-refractivity contribution < 1.29 is 9.90 Å². The maximum atomic E-state index is 11.3. The van der Waals surface area contributed by atoms with Gasteiger partial charge in [0.2, 0.25) is 0 Å². The lowest BCUT2D eigenvalue weighted by Gasteiger charge is -2.26. The first kappa shape index (κ1) is 14.8. The fraction of sp³-hybridized carbons (Fsp3) is 0.938. The zero-order valence-electron chi connectivity index (χ0n) is 12.1. The molecule has 0 radical (unpaired) electrons. The van der Waals surface area contributed by atoms with Crippen LogP contribution in [0.1, 0.15) is 64.2 Å². The predicted octanol–water partition coefficient (Wildman–Crippen LogP) is 3.44. The summed E-state index contributed by atoms with van der Waals surface area (Å²) in [5.74, 6) is 0.270. The Labute approximate surface area is 117 Å². The molecule has 1 saturated heterocycles. The van der Waals surface area contributed by atoms with Crippen LogP contribution in [0.25, 0.3) is 0 Å². The second-order valence-electron chi connectivity index (χ2n) is 6.43. The molecule has 0 aromatic heterocycles. The Hall–Kier alpha value is -0.570. The number of hydrogen-bond donors (Lipinski definition) is 2. The lowest BCUT2D eigenvalue weighted by Crippen LogP contribution is -2.28. The Morgan fingerprint density at radius 3 is 1.89 bits per heavy atom. The van der Waals surface area contributed by atoms with Gasteiger partial charge in [0.15, 0.2) is 0 Å². The molecular weight excluding hydrogens is 238 g/mol. The van der Waals surface area contributed by atoms with Crippen LogP contribution >= 0.6 is 0 Å². The third kappa shape index (κ3) is 4.48. The summed E-state index contributed by atoms with van der Waals surface area (Å²) in [5.41, 5.74) is 0. The fourth-order valence-corrected chi connectivity index (χ4v) is 3.91. The number of hydrogen-bond acceptors (Lipinski definition) is 2. The van der Waals surface area contributed by atoms with Crippen molar-refractivity contribution in [1.29, 1.82) is 0 Å². The van der Waals surface area contributed by atoms with E-state index in [9.17, 15) is 9.90 Å². The third-order valence-corrected chi connectivity index (χ3v) is 5.08. The standard InChI is InChI=1S/C16H29NO2/c18-16(19)15-12-17-11-14(15)13-9-7-5-3-1-2-4-6-8-10-13/h13-15,17H,1-12H2,(H,18,19). The van der Waals surface area contributed by atoms with Gasteiger partial charge in [-0.1, -0.05) is 64.2 Å². The van der Waals surface area contributed by atoms with Crippen LogP contribution in [0.5, 0.6) is 0 Å². The zero-order valence-corrected chi connectivity index (χ0v) is 12.1. The Morgan fingerprint density at radius 2 is 1.37 bits per heavy atom.